The summed E-state index contributed by atoms with van der Waals surface area (Å²) in [5.74, 6) is -0.522. The van der Waals surface area contributed by atoms with Gasteiger partial charge in [0.15, 0.2) is 6.29 Å². The number of carbonyl (C=O) groups excluding carboxylic acids is 3. The average Bonchev–Trinajstić information content (AvgIpc) is 1.98. The van der Waals surface area contributed by atoms with Crippen LogP contribution in [0, 0.1) is 0 Å². The first-order chi connectivity index (χ1) is 4.81. The number of rotatable bonds is 6. The fourth-order valence-electron chi connectivity index (χ4n) is 0.534. The van der Waals surface area contributed by atoms with Gasteiger partial charge in [-0.1, -0.05) is 0 Å². The molecule has 0 bridgehead atoms. The molecule has 3 nitrogen and oxygen atoms in total. The molecule has 0 N–H and O–H groups in total. The van der Waals surface area contributed by atoms with E-state index in [9.17, 15) is 14.4 Å². The van der Waals surface area contributed by atoms with Gasteiger partial charge in [-0.3, -0.25) is 14.4 Å². The molecule has 0 atom stereocenters. The first-order valence-corrected chi connectivity index (χ1v) is 3.07. The van der Waals surface area contributed by atoms with Crippen molar-refractivity contribution in [1.29, 1.82) is 0 Å². The SMILES string of the molecule is O=[C]CCCCC(=O)[C]=O. The second-order valence-corrected chi connectivity index (χ2v) is 1.88. The molecule has 2 radical (unpaired) electrons. The van der Waals surface area contributed by atoms with Crippen LogP contribution in [0.25, 0.3) is 0 Å². The van der Waals surface area contributed by atoms with Crippen molar-refractivity contribution in [3.63, 3.8) is 0 Å². The van der Waals surface area contributed by atoms with Crippen molar-refractivity contribution in [2.24, 2.45) is 0 Å². The lowest BCUT2D eigenvalue weighted by atomic mass is 10.1. The average molecular weight is 140 g/mol. The highest BCUT2D eigenvalue weighted by atomic mass is 16.2. The molecule has 0 unspecified atom stereocenters. The molecule has 10 heavy (non-hydrogen) atoms. The monoisotopic (exact) mass is 140 g/mol. The lowest BCUT2D eigenvalue weighted by Crippen LogP contribution is -1.97. The van der Waals surface area contributed by atoms with Crippen molar-refractivity contribution < 1.29 is 14.4 Å². The van der Waals surface area contributed by atoms with Gasteiger partial charge in [-0.15, -0.1) is 0 Å². The number of ketones is 1. The fraction of sp³-hybridized carbons (Fsp3) is 0.571. The summed E-state index contributed by atoms with van der Waals surface area (Å²) in [5, 5.41) is 0. The number of unbranched alkanes of at least 4 members (excludes halogenated alkanes) is 2. The Hall–Kier alpha value is -0.990. The number of carbonyl (C=O) groups is 1. The normalized spacial score (nSPS) is 8.80. The number of hydrogen-bond donors (Lipinski definition) is 0. The second-order valence-electron chi connectivity index (χ2n) is 1.88. The highest BCUT2D eigenvalue weighted by Gasteiger charge is 1.98. The van der Waals surface area contributed by atoms with E-state index in [1.807, 2.05) is 0 Å². The summed E-state index contributed by atoms with van der Waals surface area (Å²) < 4.78 is 0. The zero-order chi connectivity index (χ0) is 7.82. The van der Waals surface area contributed by atoms with Gasteiger partial charge in [0.05, 0.1) is 0 Å². The summed E-state index contributed by atoms with van der Waals surface area (Å²) in [6.07, 6.45) is 4.69. The molecule has 0 saturated heterocycles. The van der Waals surface area contributed by atoms with Crippen LogP contribution in [0.2, 0.25) is 0 Å². The Morgan fingerprint density at radius 1 is 1.20 bits per heavy atom. The van der Waals surface area contributed by atoms with Crippen LogP contribution < -0.4 is 0 Å². The van der Waals surface area contributed by atoms with Gasteiger partial charge in [0.2, 0.25) is 5.78 Å². The van der Waals surface area contributed by atoms with E-state index in [-0.39, 0.29) is 6.42 Å². The highest BCUT2D eigenvalue weighted by Crippen LogP contribution is 1.96. The second kappa shape index (κ2) is 6.13. The zero-order valence-corrected chi connectivity index (χ0v) is 5.55. The zero-order valence-electron chi connectivity index (χ0n) is 5.55. The molecule has 0 amide bonds. The Labute approximate surface area is 59.4 Å². The van der Waals surface area contributed by atoms with E-state index in [4.69, 9.17) is 0 Å². The summed E-state index contributed by atoms with van der Waals surface area (Å²) in [4.78, 5) is 29.5. The van der Waals surface area contributed by atoms with Crippen LogP contribution in [-0.4, -0.2) is 18.4 Å². The molecule has 54 valence electrons. The Balaban J connectivity index is 3.11. The predicted molar refractivity (Wildman–Crippen MR) is 34.9 cm³/mol. The van der Waals surface area contributed by atoms with Crippen LogP contribution in [-0.2, 0) is 14.4 Å². The van der Waals surface area contributed by atoms with Crippen LogP contribution in [0.5, 0.6) is 0 Å². The molecule has 0 aromatic carbocycles. The largest absolute Gasteiger partial charge is 0.291 e. The minimum absolute atomic E-state index is 0.200. The molecular formula is C7H8O3. The number of hydrogen-bond acceptors (Lipinski definition) is 3. The Morgan fingerprint density at radius 3 is 2.40 bits per heavy atom. The van der Waals surface area contributed by atoms with Gasteiger partial charge in [0, 0.05) is 12.8 Å². The van der Waals surface area contributed by atoms with E-state index in [2.05, 4.69) is 0 Å². The maximum atomic E-state index is 10.3. The Bertz CT molecular complexity index is 129. The lowest BCUT2D eigenvalue weighted by molar-refractivity contribution is -0.113. The van der Waals surface area contributed by atoms with Crippen molar-refractivity contribution in [1.82, 2.24) is 0 Å². The fourth-order valence-corrected chi connectivity index (χ4v) is 0.534. The van der Waals surface area contributed by atoms with E-state index in [1.54, 1.807) is 6.29 Å². The minimum Gasteiger partial charge on any atom is -0.291 e. The molecule has 0 heterocycles. The smallest absolute Gasteiger partial charge is 0.272 e. The molecule has 0 aliphatic carbocycles. The Morgan fingerprint density at radius 2 is 1.90 bits per heavy atom. The van der Waals surface area contributed by atoms with Gasteiger partial charge < -0.3 is 0 Å². The van der Waals surface area contributed by atoms with Crippen LogP contribution in [0.1, 0.15) is 25.7 Å². The van der Waals surface area contributed by atoms with Crippen molar-refractivity contribution in [2.75, 3.05) is 0 Å². The molecule has 0 aromatic heterocycles. The standard InChI is InChI=1S/C7H8O3/c8-5-3-1-2-4-7(10)6-9/h1-4H2. The number of Topliss-reactive ketones (excluding diaryl/α,β-unsaturated/α-hetero) is 1. The van der Waals surface area contributed by atoms with Gasteiger partial charge in [-0.25, -0.2) is 0 Å². The van der Waals surface area contributed by atoms with Gasteiger partial charge >= 0.3 is 0 Å². The van der Waals surface area contributed by atoms with E-state index in [0.717, 1.165) is 0 Å². The van der Waals surface area contributed by atoms with Crippen LogP contribution in [0.15, 0.2) is 0 Å². The Kier molecular flexibility index (Phi) is 5.53. The summed E-state index contributed by atoms with van der Waals surface area (Å²) in [6.45, 7) is 0. The summed E-state index contributed by atoms with van der Waals surface area (Å²) in [6, 6.07) is 0. The third-order valence-corrected chi connectivity index (χ3v) is 1.05. The summed E-state index contributed by atoms with van der Waals surface area (Å²) in [7, 11) is 0. The molecule has 0 aliphatic rings. The first-order valence-electron chi connectivity index (χ1n) is 3.07. The van der Waals surface area contributed by atoms with Crippen molar-refractivity contribution in [3.8, 4) is 0 Å². The maximum Gasteiger partial charge on any atom is 0.272 e. The minimum atomic E-state index is -0.522. The molecule has 0 saturated carbocycles. The van der Waals surface area contributed by atoms with Crippen molar-refractivity contribution >= 4 is 18.4 Å². The molecule has 0 aromatic rings. The van der Waals surface area contributed by atoms with E-state index in [1.165, 1.54) is 6.29 Å². The molecular weight excluding hydrogens is 132 g/mol. The summed E-state index contributed by atoms with van der Waals surface area (Å²) >= 11 is 0. The van der Waals surface area contributed by atoms with Crippen molar-refractivity contribution in [3.05, 3.63) is 0 Å². The highest BCUT2D eigenvalue weighted by molar-refractivity contribution is 6.25. The van der Waals surface area contributed by atoms with E-state index < -0.39 is 5.78 Å². The third kappa shape index (κ3) is 5.15. The maximum absolute atomic E-state index is 10.3. The van der Waals surface area contributed by atoms with Crippen LogP contribution >= 0.6 is 0 Å². The van der Waals surface area contributed by atoms with Crippen LogP contribution in [0.3, 0.4) is 0 Å². The molecule has 0 rings (SSSR count). The third-order valence-electron chi connectivity index (χ3n) is 1.05. The van der Waals surface area contributed by atoms with Gasteiger partial charge in [0.1, 0.15) is 0 Å². The molecule has 0 aliphatic heterocycles. The topological polar surface area (TPSA) is 51.2 Å². The summed E-state index contributed by atoms with van der Waals surface area (Å²) in [5.41, 5.74) is 0. The van der Waals surface area contributed by atoms with E-state index in [0.29, 0.717) is 19.3 Å². The van der Waals surface area contributed by atoms with Gasteiger partial charge in [-0.05, 0) is 12.8 Å². The molecule has 3 heteroatoms. The van der Waals surface area contributed by atoms with Crippen molar-refractivity contribution in [2.45, 2.75) is 25.7 Å². The van der Waals surface area contributed by atoms with Gasteiger partial charge in [-0.2, -0.15) is 0 Å². The molecule has 0 fully saturated rings. The van der Waals surface area contributed by atoms with E-state index >= 15 is 0 Å². The quantitative estimate of drug-likeness (QED) is 0.394. The van der Waals surface area contributed by atoms with Gasteiger partial charge in [0.25, 0.3) is 6.29 Å². The van der Waals surface area contributed by atoms with Crippen LogP contribution in [0.4, 0.5) is 0 Å². The lowest BCUT2D eigenvalue weighted by Gasteiger charge is -1.88. The molecule has 0 spiro atoms. The predicted octanol–water partition coefficient (Wildman–Crippen LogP) is 0.335. The first kappa shape index (κ1) is 9.01.